The summed E-state index contributed by atoms with van der Waals surface area (Å²) in [5, 5.41) is 15.6. The quantitative estimate of drug-likeness (QED) is 0.826. The molecule has 9 heteroatoms. The number of H-pyrrole nitrogens is 1. The van der Waals surface area contributed by atoms with E-state index in [4.69, 9.17) is 5.73 Å². The molecule has 0 atom stereocenters. The highest BCUT2D eigenvalue weighted by atomic mass is 35.5. The summed E-state index contributed by atoms with van der Waals surface area (Å²) in [5.41, 5.74) is 7.34. The van der Waals surface area contributed by atoms with Gasteiger partial charge in [0.2, 0.25) is 0 Å². The number of aromatic nitrogens is 2. The summed E-state index contributed by atoms with van der Waals surface area (Å²) >= 11 is 0. The van der Waals surface area contributed by atoms with Crippen molar-refractivity contribution in [2.24, 2.45) is 10.2 Å². The van der Waals surface area contributed by atoms with Gasteiger partial charge >= 0.3 is 0 Å². The number of aromatic amines is 1. The summed E-state index contributed by atoms with van der Waals surface area (Å²) < 4.78 is 0. The average Bonchev–Trinajstić information content (AvgIpc) is 2.88. The summed E-state index contributed by atoms with van der Waals surface area (Å²) in [7, 11) is 2.12. The first-order valence-corrected chi connectivity index (χ1v) is 6.98. The Labute approximate surface area is 147 Å². The lowest BCUT2D eigenvalue weighted by Gasteiger charge is -2.32. The molecule has 3 N–H and O–H groups in total. The molecule has 7 nitrogen and oxygen atoms in total. The van der Waals surface area contributed by atoms with Gasteiger partial charge in [0.05, 0.1) is 5.69 Å². The maximum Gasteiger partial charge on any atom is 0.180 e. The number of azo groups is 1. The van der Waals surface area contributed by atoms with Gasteiger partial charge in [0.15, 0.2) is 11.5 Å². The predicted octanol–water partition coefficient (Wildman–Crippen LogP) is 3.00. The predicted molar refractivity (Wildman–Crippen MR) is 97.8 cm³/mol. The molecule has 1 fully saturated rings. The highest BCUT2D eigenvalue weighted by molar-refractivity contribution is 5.85. The van der Waals surface area contributed by atoms with E-state index in [1.54, 1.807) is 0 Å². The van der Waals surface area contributed by atoms with E-state index in [1.807, 2.05) is 30.3 Å². The number of anilines is 2. The highest BCUT2D eigenvalue weighted by Gasteiger charge is 2.21. The van der Waals surface area contributed by atoms with Crippen LogP contribution in [-0.2, 0) is 0 Å². The molecule has 2 aromatic rings. The van der Waals surface area contributed by atoms with Crippen LogP contribution in [0.2, 0.25) is 0 Å². The lowest BCUT2D eigenvalue weighted by Crippen LogP contribution is -2.44. The van der Waals surface area contributed by atoms with Crippen molar-refractivity contribution in [3.8, 4) is 0 Å². The fourth-order valence-corrected chi connectivity index (χ4v) is 2.28. The minimum absolute atomic E-state index is 0. The topological polar surface area (TPSA) is 85.9 Å². The molecular weight excluding hydrogens is 337 g/mol. The van der Waals surface area contributed by atoms with E-state index in [-0.39, 0.29) is 24.8 Å². The van der Waals surface area contributed by atoms with E-state index in [0.29, 0.717) is 11.5 Å². The fourth-order valence-electron chi connectivity index (χ4n) is 2.28. The van der Waals surface area contributed by atoms with Gasteiger partial charge in [0.1, 0.15) is 5.82 Å². The Kier molecular flexibility index (Phi) is 7.28. The van der Waals surface area contributed by atoms with Gasteiger partial charge in [-0.1, -0.05) is 18.2 Å². The molecule has 1 aliphatic heterocycles. The Hall–Kier alpha value is -1.83. The number of nitrogen functional groups attached to an aromatic ring is 1. The number of piperazine rings is 1. The molecule has 1 aromatic heterocycles. The van der Waals surface area contributed by atoms with Crippen LogP contribution in [-0.4, -0.2) is 48.3 Å². The lowest BCUT2D eigenvalue weighted by molar-refractivity contribution is 0.312. The molecule has 1 aromatic carbocycles. The summed E-state index contributed by atoms with van der Waals surface area (Å²) in [6.07, 6.45) is 0. The molecule has 3 rings (SSSR count). The van der Waals surface area contributed by atoms with Crippen molar-refractivity contribution >= 4 is 47.8 Å². The summed E-state index contributed by atoms with van der Waals surface area (Å²) in [5.74, 6) is 1.23. The number of halogens is 2. The number of likely N-dealkylation sites (N-methyl/N-ethyl adjacent to an activating group) is 1. The van der Waals surface area contributed by atoms with Gasteiger partial charge in [-0.25, -0.2) is 0 Å². The van der Waals surface area contributed by atoms with Gasteiger partial charge in [-0.15, -0.1) is 29.9 Å². The van der Waals surface area contributed by atoms with Crippen molar-refractivity contribution < 1.29 is 0 Å². The van der Waals surface area contributed by atoms with Crippen LogP contribution in [0, 0.1) is 0 Å². The lowest BCUT2D eigenvalue weighted by atomic mass is 10.3. The van der Waals surface area contributed by atoms with Crippen LogP contribution < -0.4 is 10.6 Å². The number of hydrogen-bond acceptors (Lipinski definition) is 6. The standard InChI is InChI=1S/C14H19N7.2ClH/c1-20-7-9-21(10-8-20)14-12(13(15)18-19-14)17-16-11-5-3-2-4-6-11;;/h2-6H,7-10H2,1H3,(H3,15,18,19);2*1H. The zero-order chi connectivity index (χ0) is 14.7. The SMILES string of the molecule is CN1CCN(c2n[nH]c(N)c2N=Nc2ccccc2)CC1.Cl.Cl. The van der Waals surface area contributed by atoms with E-state index >= 15 is 0 Å². The van der Waals surface area contributed by atoms with Crippen LogP contribution in [0.3, 0.4) is 0 Å². The number of nitrogens with zero attached hydrogens (tertiary/aromatic N) is 5. The third-order valence-electron chi connectivity index (χ3n) is 3.57. The maximum absolute atomic E-state index is 5.93. The fraction of sp³-hybridized carbons (Fsp3) is 0.357. The van der Waals surface area contributed by atoms with Gasteiger partial charge in [-0.05, 0) is 19.2 Å². The molecule has 0 aliphatic carbocycles. The molecule has 0 amide bonds. The minimum atomic E-state index is 0. The van der Waals surface area contributed by atoms with Gasteiger partial charge < -0.3 is 15.5 Å². The minimum Gasteiger partial charge on any atom is -0.382 e. The van der Waals surface area contributed by atoms with Crippen LogP contribution in [0.25, 0.3) is 0 Å². The smallest absolute Gasteiger partial charge is 0.180 e. The molecule has 0 spiro atoms. The summed E-state index contributed by atoms with van der Waals surface area (Å²) in [4.78, 5) is 4.48. The molecule has 0 unspecified atom stereocenters. The molecule has 0 radical (unpaired) electrons. The van der Waals surface area contributed by atoms with Crippen LogP contribution in [0.4, 0.5) is 23.0 Å². The average molecular weight is 358 g/mol. The van der Waals surface area contributed by atoms with Crippen LogP contribution in [0.15, 0.2) is 40.6 Å². The molecule has 1 saturated heterocycles. The highest BCUT2D eigenvalue weighted by Crippen LogP contribution is 2.33. The van der Waals surface area contributed by atoms with E-state index in [9.17, 15) is 0 Å². The van der Waals surface area contributed by atoms with Crippen molar-refractivity contribution in [3.63, 3.8) is 0 Å². The van der Waals surface area contributed by atoms with Gasteiger partial charge in [0.25, 0.3) is 0 Å². The third kappa shape index (κ3) is 4.57. The monoisotopic (exact) mass is 357 g/mol. The second-order valence-electron chi connectivity index (χ2n) is 5.14. The van der Waals surface area contributed by atoms with Crippen LogP contribution in [0.5, 0.6) is 0 Å². The summed E-state index contributed by atoms with van der Waals surface area (Å²) in [6.45, 7) is 3.83. The van der Waals surface area contributed by atoms with E-state index in [2.05, 4.69) is 37.3 Å². The number of benzene rings is 1. The molecule has 1 aliphatic rings. The third-order valence-corrected chi connectivity index (χ3v) is 3.57. The van der Waals surface area contributed by atoms with Crippen LogP contribution >= 0.6 is 24.8 Å². The van der Waals surface area contributed by atoms with E-state index < -0.39 is 0 Å². The molecular formula is C14H21Cl2N7. The van der Waals surface area contributed by atoms with Crippen molar-refractivity contribution in [2.45, 2.75) is 0 Å². The number of nitrogens with two attached hydrogens (primary N) is 1. The van der Waals surface area contributed by atoms with E-state index in [0.717, 1.165) is 37.7 Å². The Morgan fingerprint density at radius 3 is 2.35 bits per heavy atom. The van der Waals surface area contributed by atoms with Crippen molar-refractivity contribution in [1.29, 1.82) is 0 Å². The Morgan fingerprint density at radius 2 is 1.70 bits per heavy atom. The second kappa shape index (κ2) is 8.71. The first kappa shape index (κ1) is 19.2. The molecule has 2 heterocycles. The zero-order valence-corrected chi connectivity index (χ0v) is 14.5. The first-order chi connectivity index (χ1) is 10.2. The van der Waals surface area contributed by atoms with Gasteiger partial charge in [0, 0.05) is 26.2 Å². The van der Waals surface area contributed by atoms with Crippen molar-refractivity contribution in [1.82, 2.24) is 15.1 Å². The Bertz CT molecular complexity index is 621. The van der Waals surface area contributed by atoms with Crippen LogP contribution in [0.1, 0.15) is 0 Å². The van der Waals surface area contributed by atoms with Crippen molar-refractivity contribution in [2.75, 3.05) is 43.9 Å². The van der Waals surface area contributed by atoms with Gasteiger partial charge in [-0.2, -0.15) is 10.2 Å². The second-order valence-corrected chi connectivity index (χ2v) is 5.14. The number of rotatable bonds is 3. The maximum atomic E-state index is 5.93. The van der Waals surface area contributed by atoms with Gasteiger partial charge in [-0.3, -0.25) is 5.10 Å². The normalized spacial score (nSPS) is 15.3. The number of hydrogen-bond donors (Lipinski definition) is 2. The zero-order valence-electron chi connectivity index (χ0n) is 12.8. The Balaban J connectivity index is 0.00000132. The number of nitrogens with one attached hydrogen (secondary N) is 1. The van der Waals surface area contributed by atoms with Crippen molar-refractivity contribution in [3.05, 3.63) is 30.3 Å². The molecule has 0 bridgehead atoms. The molecule has 23 heavy (non-hydrogen) atoms. The first-order valence-electron chi connectivity index (χ1n) is 6.98. The van der Waals surface area contributed by atoms with E-state index in [1.165, 1.54) is 0 Å². The summed E-state index contributed by atoms with van der Waals surface area (Å²) in [6, 6.07) is 9.59. The Morgan fingerprint density at radius 1 is 1.04 bits per heavy atom. The molecule has 126 valence electrons. The molecule has 0 saturated carbocycles. The largest absolute Gasteiger partial charge is 0.382 e.